The number of aryl methyl sites for hydroxylation is 1. The Morgan fingerprint density at radius 2 is 1.29 bits per heavy atom. The van der Waals surface area contributed by atoms with Crippen molar-refractivity contribution in [3.05, 3.63) is 54.1 Å². The fraction of sp³-hybridized carbons (Fsp3) is 0.400. The molecule has 2 rings (SSSR count). The van der Waals surface area contributed by atoms with Gasteiger partial charge in [0.15, 0.2) is 0 Å². The van der Waals surface area contributed by atoms with Crippen LogP contribution in [-0.2, 0) is 11.2 Å². The molecule has 0 aliphatic heterocycles. The summed E-state index contributed by atoms with van der Waals surface area (Å²) >= 11 is 0. The second-order valence-electron chi connectivity index (χ2n) is 5.21. The minimum Gasteiger partial charge on any atom is -0.494 e. The van der Waals surface area contributed by atoms with Crippen LogP contribution >= 0.6 is 0 Å². The largest absolute Gasteiger partial charge is 0.494 e. The van der Waals surface area contributed by atoms with E-state index in [4.69, 9.17) is 18.9 Å². The molecule has 2 aromatic rings. The maximum absolute atomic E-state index is 5.64. The zero-order valence-corrected chi connectivity index (χ0v) is 14.5. The molecule has 0 saturated carbocycles. The number of hydrogen-bond donors (Lipinski definition) is 0. The van der Waals surface area contributed by atoms with E-state index in [2.05, 4.69) is 19.1 Å². The van der Waals surface area contributed by atoms with Crippen LogP contribution in [0, 0.1) is 0 Å². The fourth-order valence-electron chi connectivity index (χ4n) is 2.18. The van der Waals surface area contributed by atoms with Crippen molar-refractivity contribution in [2.45, 2.75) is 20.3 Å². The highest BCUT2D eigenvalue weighted by molar-refractivity contribution is 5.32. The van der Waals surface area contributed by atoms with Crippen molar-refractivity contribution < 1.29 is 18.9 Å². The number of hydrogen-bond acceptors (Lipinski definition) is 4. The molecule has 0 aliphatic rings. The first-order valence-electron chi connectivity index (χ1n) is 8.47. The van der Waals surface area contributed by atoms with Gasteiger partial charge in [-0.1, -0.05) is 25.1 Å². The third kappa shape index (κ3) is 6.50. The van der Waals surface area contributed by atoms with E-state index in [0.717, 1.165) is 23.7 Å². The average Bonchev–Trinajstić information content (AvgIpc) is 2.62. The van der Waals surface area contributed by atoms with E-state index in [1.165, 1.54) is 5.56 Å². The summed E-state index contributed by atoms with van der Waals surface area (Å²) in [4.78, 5) is 0. The van der Waals surface area contributed by atoms with Crippen LogP contribution in [0.3, 0.4) is 0 Å². The Balaban J connectivity index is 1.55. The van der Waals surface area contributed by atoms with E-state index < -0.39 is 0 Å². The summed E-state index contributed by atoms with van der Waals surface area (Å²) in [6.45, 7) is 6.84. The van der Waals surface area contributed by atoms with Gasteiger partial charge in [0, 0.05) is 6.07 Å². The zero-order valence-electron chi connectivity index (χ0n) is 14.5. The molecule has 130 valence electrons. The van der Waals surface area contributed by atoms with E-state index in [1.54, 1.807) is 0 Å². The summed E-state index contributed by atoms with van der Waals surface area (Å²) in [6, 6.07) is 15.8. The Hall–Kier alpha value is -2.20. The molecule has 0 radical (unpaired) electrons. The van der Waals surface area contributed by atoms with Gasteiger partial charge in [0.05, 0.1) is 19.8 Å². The summed E-state index contributed by atoms with van der Waals surface area (Å²) in [5.74, 6) is 2.48. The smallest absolute Gasteiger partial charge is 0.123 e. The Bertz CT molecular complexity index is 580. The molecule has 4 nitrogen and oxygen atoms in total. The molecule has 0 unspecified atom stereocenters. The third-order valence-electron chi connectivity index (χ3n) is 3.44. The molecule has 0 bridgehead atoms. The Labute approximate surface area is 144 Å². The summed E-state index contributed by atoms with van der Waals surface area (Å²) in [5.41, 5.74) is 1.31. The van der Waals surface area contributed by atoms with Crippen molar-refractivity contribution in [3.63, 3.8) is 0 Å². The molecule has 24 heavy (non-hydrogen) atoms. The molecule has 0 atom stereocenters. The molecule has 0 aliphatic carbocycles. The molecule has 0 fully saturated rings. The molecule has 0 heterocycles. The van der Waals surface area contributed by atoms with Gasteiger partial charge in [0.2, 0.25) is 0 Å². The third-order valence-corrected chi connectivity index (χ3v) is 3.44. The van der Waals surface area contributed by atoms with Gasteiger partial charge in [-0.25, -0.2) is 0 Å². The molecule has 0 saturated heterocycles. The lowest BCUT2D eigenvalue weighted by Gasteiger charge is -2.10. The Morgan fingerprint density at radius 3 is 1.92 bits per heavy atom. The molecule has 4 heteroatoms. The Kier molecular flexibility index (Phi) is 7.98. The molecule has 0 spiro atoms. The normalized spacial score (nSPS) is 10.4. The first kappa shape index (κ1) is 18.1. The van der Waals surface area contributed by atoms with Crippen LogP contribution < -0.4 is 14.2 Å². The van der Waals surface area contributed by atoms with Gasteiger partial charge in [-0.15, -0.1) is 0 Å². The quantitative estimate of drug-likeness (QED) is 0.581. The van der Waals surface area contributed by atoms with Crippen LogP contribution in [0.15, 0.2) is 48.5 Å². The van der Waals surface area contributed by atoms with Crippen LogP contribution in [0.4, 0.5) is 0 Å². The van der Waals surface area contributed by atoms with Crippen molar-refractivity contribution in [2.75, 3.05) is 33.0 Å². The monoisotopic (exact) mass is 330 g/mol. The van der Waals surface area contributed by atoms with E-state index in [-0.39, 0.29) is 0 Å². The number of benzene rings is 2. The molecular weight excluding hydrogens is 304 g/mol. The van der Waals surface area contributed by atoms with Gasteiger partial charge in [0.25, 0.3) is 0 Å². The highest BCUT2D eigenvalue weighted by atomic mass is 16.5. The topological polar surface area (TPSA) is 36.9 Å². The lowest BCUT2D eigenvalue weighted by atomic mass is 10.2. The van der Waals surface area contributed by atoms with Crippen LogP contribution in [0.5, 0.6) is 17.2 Å². The summed E-state index contributed by atoms with van der Waals surface area (Å²) in [7, 11) is 0. The second-order valence-corrected chi connectivity index (χ2v) is 5.21. The van der Waals surface area contributed by atoms with E-state index >= 15 is 0 Å². The minimum atomic E-state index is 0.501. The SMILES string of the molecule is CCOc1cccc(OCCOCCOc2ccc(CC)cc2)c1. The maximum Gasteiger partial charge on any atom is 0.123 e. The van der Waals surface area contributed by atoms with Gasteiger partial charge in [-0.2, -0.15) is 0 Å². The zero-order chi connectivity index (χ0) is 17.0. The lowest BCUT2D eigenvalue weighted by Crippen LogP contribution is -2.12. The van der Waals surface area contributed by atoms with Crippen molar-refractivity contribution in [1.82, 2.24) is 0 Å². The number of rotatable bonds is 11. The predicted molar refractivity (Wildman–Crippen MR) is 95.2 cm³/mol. The lowest BCUT2D eigenvalue weighted by molar-refractivity contribution is 0.0763. The first-order valence-corrected chi connectivity index (χ1v) is 8.47. The highest BCUT2D eigenvalue weighted by Crippen LogP contribution is 2.19. The second kappa shape index (κ2) is 10.6. The average molecular weight is 330 g/mol. The molecule has 0 amide bonds. The first-order chi connectivity index (χ1) is 11.8. The summed E-state index contributed by atoms with van der Waals surface area (Å²) in [6.07, 6.45) is 1.04. The van der Waals surface area contributed by atoms with Crippen molar-refractivity contribution in [3.8, 4) is 17.2 Å². The minimum absolute atomic E-state index is 0.501. The highest BCUT2D eigenvalue weighted by Gasteiger charge is 1.98. The fourth-order valence-corrected chi connectivity index (χ4v) is 2.18. The van der Waals surface area contributed by atoms with Gasteiger partial charge < -0.3 is 18.9 Å². The van der Waals surface area contributed by atoms with Crippen LogP contribution in [0.25, 0.3) is 0 Å². The van der Waals surface area contributed by atoms with Crippen LogP contribution in [0.2, 0.25) is 0 Å². The standard InChI is InChI=1S/C20H26O4/c1-3-17-8-10-18(11-9-17)23-14-12-21-13-15-24-20-7-5-6-19(16-20)22-4-2/h5-11,16H,3-4,12-15H2,1-2H3. The van der Waals surface area contributed by atoms with Crippen molar-refractivity contribution >= 4 is 0 Å². The van der Waals surface area contributed by atoms with E-state index in [9.17, 15) is 0 Å². The predicted octanol–water partition coefficient (Wildman–Crippen LogP) is 4.12. The molecular formula is C20H26O4. The summed E-state index contributed by atoms with van der Waals surface area (Å²) < 4.78 is 22.2. The van der Waals surface area contributed by atoms with Gasteiger partial charge >= 0.3 is 0 Å². The molecule has 0 N–H and O–H groups in total. The van der Waals surface area contributed by atoms with Gasteiger partial charge in [-0.05, 0) is 43.2 Å². The number of ether oxygens (including phenoxy) is 4. The van der Waals surface area contributed by atoms with Crippen LogP contribution in [0.1, 0.15) is 19.4 Å². The maximum atomic E-state index is 5.64. The van der Waals surface area contributed by atoms with Gasteiger partial charge in [0.1, 0.15) is 30.5 Å². The van der Waals surface area contributed by atoms with Gasteiger partial charge in [-0.3, -0.25) is 0 Å². The van der Waals surface area contributed by atoms with Crippen LogP contribution in [-0.4, -0.2) is 33.0 Å². The van der Waals surface area contributed by atoms with E-state index in [0.29, 0.717) is 33.0 Å². The summed E-state index contributed by atoms with van der Waals surface area (Å²) in [5, 5.41) is 0. The Morgan fingerprint density at radius 1 is 0.667 bits per heavy atom. The van der Waals surface area contributed by atoms with E-state index in [1.807, 2.05) is 43.3 Å². The van der Waals surface area contributed by atoms with Crippen molar-refractivity contribution in [1.29, 1.82) is 0 Å². The van der Waals surface area contributed by atoms with Crippen molar-refractivity contribution in [2.24, 2.45) is 0 Å². The molecule has 2 aromatic carbocycles. The molecule has 0 aromatic heterocycles.